The summed E-state index contributed by atoms with van der Waals surface area (Å²) in [7, 11) is 1.71. The number of nitrogens with one attached hydrogen (secondary N) is 3. The molecule has 0 aliphatic rings. The Morgan fingerprint density at radius 2 is 2.38 bits per heavy atom. The predicted molar refractivity (Wildman–Crippen MR) is 37.5 cm³/mol. The summed E-state index contributed by atoms with van der Waals surface area (Å²) in [5.74, 6) is 0. The topological polar surface area (TPSA) is 48.5 Å². The number of thiocarbonyl (C=S) groups is 1. The summed E-state index contributed by atoms with van der Waals surface area (Å²) in [5, 5.41) is 3.72. The van der Waals surface area contributed by atoms with Crippen molar-refractivity contribution in [3.05, 3.63) is 0 Å². The van der Waals surface area contributed by atoms with Crippen molar-refractivity contribution in [1.29, 1.82) is 0 Å². The van der Waals surface area contributed by atoms with Gasteiger partial charge in [-0.05, 0) is 12.2 Å². The molecule has 0 saturated carbocycles. The molecule has 0 rings (SSSR count). The number of hydrazone groups is 1. The minimum Gasteiger partial charge on any atom is -0.297 e. The van der Waals surface area contributed by atoms with Crippen LogP contribution in [0.15, 0.2) is 5.10 Å². The third-order valence-electron chi connectivity index (χ3n) is 0.419. The van der Waals surface area contributed by atoms with Crippen molar-refractivity contribution < 1.29 is 0 Å². The Morgan fingerprint density at radius 1 is 1.75 bits per heavy atom. The van der Waals surface area contributed by atoms with E-state index in [2.05, 4.69) is 40.3 Å². The standard InChI is InChI=1S/C3H8N4S/c1-4-6-3(8)7-5-2/h5H,1H2,2H3,(H2,6,7,8). The van der Waals surface area contributed by atoms with E-state index in [9.17, 15) is 0 Å². The highest BCUT2D eigenvalue weighted by atomic mass is 32.1. The summed E-state index contributed by atoms with van der Waals surface area (Å²) in [6, 6.07) is 0. The highest BCUT2D eigenvalue weighted by Gasteiger charge is 1.83. The van der Waals surface area contributed by atoms with Crippen LogP contribution >= 0.6 is 12.2 Å². The summed E-state index contributed by atoms with van der Waals surface area (Å²) in [4.78, 5) is 0. The van der Waals surface area contributed by atoms with Crippen LogP contribution in [0.1, 0.15) is 0 Å². The van der Waals surface area contributed by atoms with E-state index in [1.165, 1.54) is 0 Å². The van der Waals surface area contributed by atoms with Crippen LogP contribution in [0, 0.1) is 0 Å². The van der Waals surface area contributed by atoms with Gasteiger partial charge in [0.25, 0.3) is 0 Å². The van der Waals surface area contributed by atoms with Crippen LogP contribution in [0.4, 0.5) is 0 Å². The van der Waals surface area contributed by atoms with E-state index in [0.717, 1.165) is 0 Å². The Balaban J connectivity index is 3.18. The summed E-state index contributed by atoms with van der Waals surface area (Å²) in [6.07, 6.45) is 0. The maximum atomic E-state index is 4.63. The van der Waals surface area contributed by atoms with Crippen LogP contribution in [0.3, 0.4) is 0 Å². The minimum atomic E-state index is 0.405. The molecule has 0 aromatic rings. The van der Waals surface area contributed by atoms with E-state index < -0.39 is 0 Å². The lowest BCUT2D eigenvalue weighted by Crippen LogP contribution is -2.39. The quantitative estimate of drug-likeness (QED) is 0.261. The molecular formula is C3H8N4S. The molecule has 0 fully saturated rings. The van der Waals surface area contributed by atoms with E-state index in [1.54, 1.807) is 7.05 Å². The second kappa shape index (κ2) is 4.48. The first-order chi connectivity index (χ1) is 3.81. The Bertz CT molecular complexity index is 91.3. The summed E-state index contributed by atoms with van der Waals surface area (Å²) in [5.41, 5.74) is 7.61. The van der Waals surface area contributed by atoms with Crippen LogP contribution < -0.4 is 16.3 Å². The van der Waals surface area contributed by atoms with Crippen LogP contribution in [0.2, 0.25) is 0 Å². The normalized spacial score (nSPS) is 7.62. The Morgan fingerprint density at radius 3 is 2.75 bits per heavy atom. The first-order valence-electron chi connectivity index (χ1n) is 1.99. The molecular weight excluding hydrogens is 124 g/mol. The lowest BCUT2D eigenvalue weighted by molar-refractivity contribution is 0.749. The molecule has 0 unspecified atom stereocenters. The number of rotatable bonds is 2. The van der Waals surface area contributed by atoms with Gasteiger partial charge in [-0.2, -0.15) is 5.10 Å². The second-order valence-corrected chi connectivity index (χ2v) is 1.38. The van der Waals surface area contributed by atoms with Gasteiger partial charge in [0.2, 0.25) is 5.11 Å². The average molecular weight is 132 g/mol. The zero-order valence-corrected chi connectivity index (χ0v) is 5.38. The van der Waals surface area contributed by atoms with Gasteiger partial charge in [0.05, 0.1) is 0 Å². The van der Waals surface area contributed by atoms with E-state index in [1.807, 2.05) is 0 Å². The summed E-state index contributed by atoms with van der Waals surface area (Å²) < 4.78 is 0. The summed E-state index contributed by atoms with van der Waals surface area (Å²) >= 11 is 4.63. The fourth-order valence-corrected chi connectivity index (χ4v) is 0.380. The molecule has 4 nitrogen and oxygen atoms in total. The molecule has 0 atom stereocenters. The molecule has 0 aromatic carbocycles. The van der Waals surface area contributed by atoms with Crippen molar-refractivity contribution in [2.24, 2.45) is 5.10 Å². The van der Waals surface area contributed by atoms with Gasteiger partial charge in [0, 0.05) is 13.8 Å². The lowest BCUT2D eigenvalue weighted by atomic mass is 11.1. The molecule has 5 heteroatoms. The largest absolute Gasteiger partial charge is 0.297 e. The zero-order valence-electron chi connectivity index (χ0n) is 4.56. The highest BCUT2D eigenvalue weighted by Crippen LogP contribution is 1.58. The fourth-order valence-electron chi connectivity index (χ4n) is 0.213. The molecule has 8 heavy (non-hydrogen) atoms. The molecule has 46 valence electrons. The maximum absolute atomic E-state index is 4.63. The molecule has 0 amide bonds. The molecule has 0 spiro atoms. The molecule has 0 aliphatic heterocycles. The van der Waals surface area contributed by atoms with Crippen molar-refractivity contribution in [3.8, 4) is 0 Å². The number of hydrazine groups is 1. The molecule has 0 aliphatic carbocycles. The monoisotopic (exact) mass is 132 g/mol. The van der Waals surface area contributed by atoms with Crippen LogP contribution in [0.25, 0.3) is 0 Å². The zero-order chi connectivity index (χ0) is 6.41. The SMILES string of the molecule is C=NNC(=S)NNC. The predicted octanol–water partition coefficient (Wildman–Crippen LogP) is -0.800. The summed E-state index contributed by atoms with van der Waals surface area (Å²) in [6.45, 7) is 3.17. The molecule has 3 N–H and O–H groups in total. The van der Waals surface area contributed by atoms with Crippen LogP contribution in [0.5, 0.6) is 0 Å². The fraction of sp³-hybridized carbons (Fsp3) is 0.333. The van der Waals surface area contributed by atoms with Gasteiger partial charge in [0.1, 0.15) is 0 Å². The van der Waals surface area contributed by atoms with E-state index >= 15 is 0 Å². The number of nitrogens with zero attached hydrogens (tertiary/aromatic N) is 1. The Labute approximate surface area is 53.3 Å². The highest BCUT2D eigenvalue weighted by molar-refractivity contribution is 7.80. The van der Waals surface area contributed by atoms with Gasteiger partial charge < -0.3 is 0 Å². The minimum absolute atomic E-state index is 0.405. The molecule has 0 bridgehead atoms. The van der Waals surface area contributed by atoms with Gasteiger partial charge in [0.15, 0.2) is 0 Å². The smallest absolute Gasteiger partial charge is 0.201 e. The molecule has 0 heterocycles. The lowest BCUT2D eigenvalue weighted by Gasteiger charge is -2.01. The van der Waals surface area contributed by atoms with Crippen molar-refractivity contribution in [2.45, 2.75) is 0 Å². The van der Waals surface area contributed by atoms with E-state index in [-0.39, 0.29) is 0 Å². The molecule has 0 aromatic heterocycles. The van der Waals surface area contributed by atoms with E-state index in [0.29, 0.717) is 5.11 Å². The van der Waals surface area contributed by atoms with Gasteiger partial charge in [-0.25, -0.2) is 5.43 Å². The van der Waals surface area contributed by atoms with Crippen molar-refractivity contribution in [3.63, 3.8) is 0 Å². The maximum Gasteiger partial charge on any atom is 0.201 e. The van der Waals surface area contributed by atoms with Gasteiger partial charge >= 0.3 is 0 Å². The third kappa shape index (κ3) is 3.51. The first-order valence-corrected chi connectivity index (χ1v) is 2.40. The van der Waals surface area contributed by atoms with Crippen molar-refractivity contribution in [2.75, 3.05) is 7.05 Å². The van der Waals surface area contributed by atoms with Crippen LogP contribution in [-0.2, 0) is 0 Å². The molecule has 0 saturated heterocycles. The third-order valence-corrected chi connectivity index (χ3v) is 0.612. The number of hydrogen-bond donors (Lipinski definition) is 3. The first kappa shape index (κ1) is 7.32. The van der Waals surface area contributed by atoms with E-state index in [4.69, 9.17) is 0 Å². The van der Waals surface area contributed by atoms with Gasteiger partial charge in [-0.15, -0.1) is 0 Å². The van der Waals surface area contributed by atoms with Crippen molar-refractivity contribution in [1.82, 2.24) is 16.3 Å². The van der Waals surface area contributed by atoms with Crippen molar-refractivity contribution >= 4 is 24.0 Å². The Kier molecular flexibility index (Phi) is 4.10. The molecule has 0 radical (unpaired) electrons. The van der Waals surface area contributed by atoms with Gasteiger partial charge in [-0.1, -0.05) is 0 Å². The second-order valence-electron chi connectivity index (χ2n) is 0.974. The van der Waals surface area contributed by atoms with Crippen LogP contribution in [-0.4, -0.2) is 18.9 Å². The average Bonchev–Trinajstić information content (AvgIpc) is 1.68. The van der Waals surface area contributed by atoms with Gasteiger partial charge in [-0.3, -0.25) is 10.9 Å². The number of hydrogen-bond acceptors (Lipinski definition) is 3. The Hall–Kier alpha value is -0.680.